The van der Waals surface area contributed by atoms with Gasteiger partial charge in [-0.05, 0) is 30.7 Å². The van der Waals surface area contributed by atoms with Crippen molar-refractivity contribution in [1.29, 1.82) is 0 Å². The number of aliphatic hydroxyl groups excluding tert-OH is 1. The maximum atomic E-state index is 12.2. The zero-order valence-corrected chi connectivity index (χ0v) is 13.4. The summed E-state index contributed by atoms with van der Waals surface area (Å²) >= 11 is 12.6. The molecule has 0 fully saturated rings. The first-order valence-electron chi connectivity index (χ1n) is 5.55. The molecule has 1 aromatic carbocycles. The Morgan fingerprint density at radius 3 is 2.30 bits per heavy atom. The zero-order valence-electron chi connectivity index (χ0n) is 10.3. The molecule has 0 aliphatic heterocycles. The normalized spacial score (nSPS) is 13.2. The second-order valence-electron chi connectivity index (χ2n) is 4.09. The fourth-order valence-corrected chi connectivity index (χ4v) is 4.76. The molecule has 1 heterocycles. The van der Waals surface area contributed by atoms with Crippen LogP contribution in [0.15, 0.2) is 35.2 Å². The van der Waals surface area contributed by atoms with Crippen LogP contribution in [0.3, 0.4) is 0 Å². The van der Waals surface area contributed by atoms with E-state index >= 15 is 0 Å². The summed E-state index contributed by atoms with van der Waals surface area (Å²) in [5, 5.41) is 9.39. The quantitative estimate of drug-likeness (QED) is 0.877. The first kappa shape index (κ1) is 15.6. The third-order valence-corrected chi connectivity index (χ3v) is 5.69. The first-order valence-corrected chi connectivity index (χ1v) is 8.61. The monoisotopic (exact) mass is 351 g/mol. The van der Waals surface area contributed by atoms with Crippen molar-refractivity contribution in [2.24, 2.45) is 0 Å². The SMILES string of the molecule is CC(O)c1ccc(NS(=O)(=O)c2cc(Cl)sc2Cl)cc1. The summed E-state index contributed by atoms with van der Waals surface area (Å²) < 4.78 is 27.1. The molecule has 0 aliphatic carbocycles. The number of hydrogen-bond acceptors (Lipinski definition) is 4. The molecule has 20 heavy (non-hydrogen) atoms. The third-order valence-electron chi connectivity index (χ3n) is 2.56. The van der Waals surface area contributed by atoms with Crippen LogP contribution in [0.2, 0.25) is 8.67 Å². The van der Waals surface area contributed by atoms with Crippen LogP contribution in [-0.4, -0.2) is 13.5 Å². The topological polar surface area (TPSA) is 66.4 Å². The van der Waals surface area contributed by atoms with Gasteiger partial charge in [-0.15, -0.1) is 11.3 Å². The summed E-state index contributed by atoms with van der Waals surface area (Å²) in [7, 11) is -3.77. The fraction of sp³-hybridized carbons (Fsp3) is 0.167. The summed E-state index contributed by atoms with van der Waals surface area (Å²) in [5.41, 5.74) is 1.08. The van der Waals surface area contributed by atoms with Gasteiger partial charge < -0.3 is 5.11 Å². The van der Waals surface area contributed by atoms with Crippen molar-refractivity contribution < 1.29 is 13.5 Å². The number of halogens is 2. The van der Waals surface area contributed by atoms with Gasteiger partial charge in [-0.3, -0.25) is 4.72 Å². The number of hydrogen-bond donors (Lipinski definition) is 2. The predicted molar refractivity (Wildman–Crippen MR) is 82.2 cm³/mol. The highest BCUT2D eigenvalue weighted by molar-refractivity contribution is 7.93. The van der Waals surface area contributed by atoms with Crippen LogP contribution in [0.25, 0.3) is 0 Å². The van der Waals surface area contributed by atoms with E-state index in [0.29, 0.717) is 15.6 Å². The van der Waals surface area contributed by atoms with Crippen LogP contribution in [0.5, 0.6) is 0 Å². The molecular weight excluding hydrogens is 341 g/mol. The van der Waals surface area contributed by atoms with Gasteiger partial charge in [0.15, 0.2) is 0 Å². The van der Waals surface area contributed by atoms with E-state index in [4.69, 9.17) is 23.2 Å². The van der Waals surface area contributed by atoms with Crippen LogP contribution in [0, 0.1) is 0 Å². The lowest BCUT2D eigenvalue weighted by Gasteiger charge is -2.09. The van der Waals surface area contributed by atoms with Crippen molar-refractivity contribution in [3.05, 3.63) is 44.6 Å². The second kappa shape index (κ2) is 5.91. The van der Waals surface area contributed by atoms with Crippen molar-refractivity contribution in [1.82, 2.24) is 0 Å². The summed E-state index contributed by atoms with van der Waals surface area (Å²) in [6, 6.07) is 7.74. The minimum atomic E-state index is -3.77. The molecule has 2 rings (SSSR count). The first-order chi connectivity index (χ1) is 9.29. The number of thiophene rings is 1. The molecule has 0 radical (unpaired) electrons. The average Bonchev–Trinajstić information content (AvgIpc) is 2.69. The van der Waals surface area contributed by atoms with Crippen molar-refractivity contribution in [2.45, 2.75) is 17.9 Å². The number of benzene rings is 1. The Morgan fingerprint density at radius 1 is 1.25 bits per heavy atom. The third kappa shape index (κ3) is 3.45. The molecule has 2 aromatic rings. The molecular formula is C12H11Cl2NO3S2. The Labute approximate surface area is 131 Å². The van der Waals surface area contributed by atoms with Gasteiger partial charge in [0.05, 0.1) is 10.4 Å². The van der Waals surface area contributed by atoms with Crippen molar-refractivity contribution in [2.75, 3.05) is 4.72 Å². The minimum Gasteiger partial charge on any atom is -0.389 e. The molecule has 0 amide bonds. The summed E-state index contributed by atoms with van der Waals surface area (Å²) in [4.78, 5) is -0.0474. The Kier molecular flexibility index (Phi) is 4.61. The molecule has 0 spiro atoms. The van der Waals surface area contributed by atoms with Crippen LogP contribution in [0.1, 0.15) is 18.6 Å². The summed E-state index contributed by atoms with van der Waals surface area (Å²) in [5.74, 6) is 0. The number of nitrogens with one attached hydrogen (secondary N) is 1. The highest BCUT2D eigenvalue weighted by Crippen LogP contribution is 2.35. The average molecular weight is 352 g/mol. The standard InChI is InChI=1S/C12H11Cl2NO3S2/c1-7(16)8-2-4-9(5-3-8)15-20(17,18)10-6-11(13)19-12(10)14/h2-7,15-16H,1H3. The molecule has 0 bridgehead atoms. The molecule has 1 unspecified atom stereocenters. The lowest BCUT2D eigenvalue weighted by molar-refractivity contribution is 0.199. The van der Waals surface area contributed by atoms with E-state index in [1.165, 1.54) is 6.07 Å². The van der Waals surface area contributed by atoms with Gasteiger partial charge >= 0.3 is 0 Å². The van der Waals surface area contributed by atoms with Crippen LogP contribution in [0.4, 0.5) is 5.69 Å². The Bertz CT molecular complexity index is 709. The van der Waals surface area contributed by atoms with E-state index in [0.717, 1.165) is 11.3 Å². The van der Waals surface area contributed by atoms with Crippen molar-refractivity contribution >= 4 is 50.2 Å². The number of rotatable bonds is 4. The van der Waals surface area contributed by atoms with Gasteiger partial charge in [0, 0.05) is 5.69 Å². The van der Waals surface area contributed by atoms with Gasteiger partial charge in [-0.2, -0.15) is 0 Å². The van der Waals surface area contributed by atoms with Crippen molar-refractivity contribution in [3.8, 4) is 0 Å². The van der Waals surface area contributed by atoms with E-state index in [2.05, 4.69) is 4.72 Å². The number of sulfonamides is 1. The second-order valence-corrected chi connectivity index (χ2v) is 8.03. The van der Waals surface area contributed by atoms with Gasteiger partial charge in [0.25, 0.3) is 10.0 Å². The van der Waals surface area contributed by atoms with Crippen LogP contribution >= 0.6 is 34.5 Å². The maximum Gasteiger partial charge on any atom is 0.264 e. The number of anilines is 1. The van der Waals surface area contributed by atoms with Crippen LogP contribution < -0.4 is 4.72 Å². The molecule has 2 N–H and O–H groups in total. The fourth-order valence-electron chi connectivity index (χ4n) is 1.55. The molecule has 0 saturated heterocycles. The highest BCUT2D eigenvalue weighted by atomic mass is 35.5. The Balaban J connectivity index is 2.26. The smallest absolute Gasteiger partial charge is 0.264 e. The largest absolute Gasteiger partial charge is 0.389 e. The van der Waals surface area contributed by atoms with Crippen LogP contribution in [-0.2, 0) is 10.0 Å². The Morgan fingerprint density at radius 2 is 1.85 bits per heavy atom. The number of aliphatic hydroxyl groups is 1. The molecule has 0 saturated carbocycles. The lowest BCUT2D eigenvalue weighted by atomic mass is 10.1. The predicted octanol–water partition coefficient (Wildman–Crippen LogP) is 3.91. The summed E-state index contributed by atoms with van der Waals surface area (Å²) in [6.45, 7) is 1.63. The van der Waals surface area contributed by atoms with E-state index in [9.17, 15) is 13.5 Å². The molecule has 1 aromatic heterocycles. The highest BCUT2D eigenvalue weighted by Gasteiger charge is 2.21. The Hall–Kier alpha value is -0.790. The molecule has 4 nitrogen and oxygen atoms in total. The summed E-state index contributed by atoms with van der Waals surface area (Å²) in [6.07, 6.45) is -0.606. The van der Waals surface area contributed by atoms with E-state index in [-0.39, 0.29) is 9.23 Å². The molecule has 108 valence electrons. The van der Waals surface area contributed by atoms with Crippen molar-refractivity contribution in [3.63, 3.8) is 0 Å². The lowest BCUT2D eigenvalue weighted by Crippen LogP contribution is -2.12. The van der Waals surface area contributed by atoms with Gasteiger partial charge in [-0.25, -0.2) is 8.42 Å². The maximum absolute atomic E-state index is 12.2. The van der Waals surface area contributed by atoms with Gasteiger partial charge in [-0.1, -0.05) is 35.3 Å². The van der Waals surface area contributed by atoms with Gasteiger partial charge in [0.1, 0.15) is 9.23 Å². The van der Waals surface area contributed by atoms with E-state index in [1.807, 2.05) is 0 Å². The molecule has 0 aliphatic rings. The van der Waals surface area contributed by atoms with E-state index < -0.39 is 16.1 Å². The zero-order chi connectivity index (χ0) is 14.9. The van der Waals surface area contributed by atoms with E-state index in [1.54, 1.807) is 31.2 Å². The van der Waals surface area contributed by atoms with Gasteiger partial charge in [0.2, 0.25) is 0 Å². The molecule has 8 heteroatoms. The minimum absolute atomic E-state index is 0.0474. The molecule has 1 atom stereocenters.